The minimum absolute atomic E-state index is 0.0548. The van der Waals surface area contributed by atoms with Gasteiger partial charge in [-0.1, -0.05) is 0 Å². The topological polar surface area (TPSA) is 198 Å². The number of aliphatic carboxylic acids is 1. The van der Waals surface area contributed by atoms with Crippen molar-refractivity contribution in [1.82, 2.24) is 20.3 Å². The number of carboxylic acids is 1. The van der Waals surface area contributed by atoms with Crippen LogP contribution in [0.15, 0.2) is 36.5 Å². The second-order valence-electron chi connectivity index (χ2n) is 6.25. The number of ether oxygens (including phenoxy) is 1. The van der Waals surface area contributed by atoms with Crippen LogP contribution < -0.4 is 26.8 Å². The summed E-state index contributed by atoms with van der Waals surface area (Å²) >= 11 is 0. The molecule has 0 unspecified atom stereocenters. The largest absolute Gasteiger partial charge is 0.480 e. The fraction of sp³-hybridized carbons (Fsp3) is 0.167. The number of urea groups is 1. The van der Waals surface area contributed by atoms with E-state index in [1.807, 2.05) is 0 Å². The standard InChI is InChI=1S/C18H19N7O5/c19-13(26)6-5-12(16(27)28)23-18(29)22-9-1-3-10(4-2-9)30-15-11-7-8-21-14(11)24-17(20)25-15/h1-4,7-8,12H,5-6H2,(H2,19,26)(H,27,28)(H2,22,23,29)(H3,20,21,24,25)/t12-/m0/s1. The van der Waals surface area contributed by atoms with Crippen molar-refractivity contribution in [2.75, 3.05) is 11.1 Å². The molecule has 8 N–H and O–H groups in total. The Balaban J connectivity index is 1.62. The zero-order valence-electron chi connectivity index (χ0n) is 15.6. The number of nitrogen functional groups attached to an aromatic ring is 1. The van der Waals surface area contributed by atoms with Crippen molar-refractivity contribution in [2.45, 2.75) is 18.9 Å². The van der Waals surface area contributed by atoms with E-state index in [1.165, 1.54) is 0 Å². The van der Waals surface area contributed by atoms with Crippen LogP contribution in [0.4, 0.5) is 16.4 Å². The van der Waals surface area contributed by atoms with Gasteiger partial charge in [-0.05, 0) is 36.8 Å². The first kappa shape index (κ1) is 20.4. The number of aromatic amines is 1. The molecule has 0 aliphatic heterocycles. The molecule has 2 heterocycles. The highest BCUT2D eigenvalue weighted by Crippen LogP contribution is 2.28. The van der Waals surface area contributed by atoms with Crippen molar-refractivity contribution in [3.8, 4) is 11.6 Å². The highest BCUT2D eigenvalue weighted by Gasteiger charge is 2.20. The number of primary amides is 1. The molecule has 1 aromatic carbocycles. The Bertz CT molecular complexity index is 1080. The van der Waals surface area contributed by atoms with Gasteiger partial charge in [-0.25, -0.2) is 9.59 Å². The summed E-state index contributed by atoms with van der Waals surface area (Å²) < 4.78 is 5.74. The monoisotopic (exact) mass is 413 g/mol. The molecule has 0 aliphatic rings. The second-order valence-corrected chi connectivity index (χ2v) is 6.25. The van der Waals surface area contributed by atoms with Gasteiger partial charge in [0.2, 0.25) is 17.7 Å². The van der Waals surface area contributed by atoms with Gasteiger partial charge in [0.15, 0.2) is 0 Å². The Morgan fingerprint density at radius 3 is 2.57 bits per heavy atom. The van der Waals surface area contributed by atoms with Gasteiger partial charge in [-0.15, -0.1) is 0 Å². The number of hydrogen-bond donors (Lipinski definition) is 6. The first-order valence-electron chi connectivity index (χ1n) is 8.79. The molecule has 0 aliphatic carbocycles. The van der Waals surface area contributed by atoms with Crippen LogP contribution in [0.1, 0.15) is 12.8 Å². The lowest BCUT2D eigenvalue weighted by atomic mass is 10.1. The summed E-state index contributed by atoms with van der Waals surface area (Å²) in [6.07, 6.45) is 1.41. The van der Waals surface area contributed by atoms with Gasteiger partial charge in [-0.2, -0.15) is 9.97 Å². The van der Waals surface area contributed by atoms with Crippen LogP contribution in [-0.2, 0) is 9.59 Å². The van der Waals surface area contributed by atoms with E-state index in [-0.39, 0.29) is 24.7 Å². The molecule has 0 spiro atoms. The number of anilines is 2. The van der Waals surface area contributed by atoms with E-state index in [9.17, 15) is 14.4 Å². The molecule has 0 saturated carbocycles. The molecule has 3 aromatic rings. The number of carbonyl (C=O) groups excluding carboxylic acids is 2. The number of rotatable bonds is 8. The number of nitrogens with one attached hydrogen (secondary N) is 3. The lowest BCUT2D eigenvalue weighted by molar-refractivity contribution is -0.139. The molecule has 3 rings (SSSR count). The molecule has 0 radical (unpaired) electrons. The SMILES string of the molecule is NC(=O)CC[C@H](NC(=O)Nc1ccc(Oc2nc(N)nc3[nH]ccc23)cc1)C(=O)O. The molecule has 12 nitrogen and oxygen atoms in total. The molecule has 0 bridgehead atoms. The molecule has 156 valence electrons. The summed E-state index contributed by atoms with van der Waals surface area (Å²) in [7, 11) is 0. The average molecular weight is 413 g/mol. The van der Waals surface area contributed by atoms with Crippen LogP contribution >= 0.6 is 0 Å². The predicted molar refractivity (Wildman–Crippen MR) is 107 cm³/mol. The molecular weight excluding hydrogens is 394 g/mol. The van der Waals surface area contributed by atoms with E-state index in [0.717, 1.165) is 0 Å². The summed E-state index contributed by atoms with van der Waals surface area (Å²) in [5.41, 5.74) is 11.6. The van der Waals surface area contributed by atoms with E-state index >= 15 is 0 Å². The number of nitrogens with two attached hydrogens (primary N) is 2. The number of hydrogen-bond acceptors (Lipinski definition) is 7. The molecule has 0 saturated heterocycles. The summed E-state index contributed by atoms with van der Waals surface area (Å²) in [5, 5.41) is 14.6. The highest BCUT2D eigenvalue weighted by molar-refractivity contribution is 5.92. The minimum Gasteiger partial charge on any atom is -0.480 e. The number of H-pyrrole nitrogens is 1. The van der Waals surface area contributed by atoms with Crippen LogP contribution in [-0.4, -0.2) is 44.0 Å². The van der Waals surface area contributed by atoms with Crippen molar-refractivity contribution < 1.29 is 24.2 Å². The second kappa shape index (κ2) is 8.77. The summed E-state index contributed by atoms with van der Waals surface area (Å²) in [6, 6.07) is 6.08. The maximum atomic E-state index is 12.0. The molecule has 12 heteroatoms. The molecule has 0 fully saturated rings. The highest BCUT2D eigenvalue weighted by atomic mass is 16.5. The van der Waals surface area contributed by atoms with Crippen molar-refractivity contribution in [2.24, 2.45) is 5.73 Å². The minimum atomic E-state index is -1.27. The average Bonchev–Trinajstić information content (AvgIpc) is 3.15. The summed E-state index contributed by atoms with van der Waals surface area (Å²) in [4.78, 5) is 45.1. The first-order chi connectivity index (χ1) is 14.3. The Labute approximate surface area is 169 Å². The number of nitrogens with zero attached hydrogens (tertiary/aromatic N) is 2. The van der Waals surface area contributed by atoms with Gasteiger partial charge in [0.1, 0.15) is 17.4 Å². The molecule has 1 atom stereocenters. The van der Waals surface area contributed by atoms with E-state index in [4.69, 9.17) is 21.3 Å². The smallest absolute Gasteiger partial charge is 0.326 e. The Kier molecular flexibility index (Phi) is 5.96. The van der Waals surface area contributed by atoms with Crippen LogP contribution in [0.3, 0.4) is 0 Å². The zero-order chi connectivity index (χ0) is 21.7. The van der Waals surface area contributed by atoms with Crippen LogP contribution in [0.25, 0.3) is 11.0 Å². The number of amides is 3. The van der Waals surface area contributed by atoms with Crippen molar-refractivity contribution >= 4 is 40.6 Å². The van der Waals surface area contributed by atoms with E-state index < -0.39 is 23.9 Å². The van der Waals surface area contributed by atoms with Crippen molar-refractivity contribution in [3.63, 3.8) is 0 Å². The number of carboxylic acid groups (broad SMARTS) is 1. The Morgan fingerprint density at radius 1 is 1.17 bits per heavy atom. The van der Waals surface area contributed by atoms with Gasteiger partial charge in [0, 0.05) is 18.3 Å². The van der Waals surface area contributed by atoms with Gasteiger partial charge in [0.05, 0.1) is 5.39 Å². The van der Waals surface area contributed by atoms with E-state index in [1.54, 1.807) is 36.5 Å². The molecule has 2 aromatic heterocycles. The molecule has 3 amide bonds. The number of carbonyl (C=O) groups is 3. The maximum Gasteiger partial charge on any atom is 0.326 e. The van der Waals surface area contributed by atoms with E-state index in [0.29, 0.717) is 22.5 Å². The third-order valence-electron chi connectivity index (χ3n) is 4.01. The lowest BCUT2D eigenvalue weighted by Crippen LogP contribution is -2.43. The lowest BCUT2D eigenvalue weighted by Gasteiger charge is -2.14. The fourth-order valence-corrected chi connectivity index (χ4v) is 2.59. The quantitative estimate of drug-likeness (QED) is 0.316. The van der Waals surface area contributed by atoms with Gasteiger partial charge in [0.25, 0.3) is 0 Å². The summed E-state index contributed by atoms with van der Waals surface area (Å²) in [5.74, 6) is -1.15. The van der Waals surface area contributed by atoms with Gasteiger partial charge < -0.3 is 36.9 Å². The summed E-state index contributed by atoms with van der Waals surface area (Å²) in [6.45, 7) is 0. The first-order valence-corrected chi connectivity index (χ1v) is 8.79. The normalized spacial score (nSPS) is 11.6. The Morgan fingerprint density at radius 2 is 1.90 bits per heavy atom. The van der Waals surface area contributed by atoms with Gasteiger partial charge in [-0.3, -0.25) is 4.79 Å². The molecular formula is C18H19N7O5. The molecule has 30 heavy (non-hydrogen) atoms. The Hall–Kier alpha value is -4.35. The number of benzene rings is 1. The van der Waals surface area contributed by atoms with Crippen LogP contribution in [0, 0.1) is 0 Å². The van der Waals surface area contributed by atoms with Crippen LogP contribution in [0.5, 0.6) is 11.6 Å². The predicted octanol–water partition coefficient (Wildman–Crippen LogP) is 1.17. The van der Waals surface area contributed by atoms with Crippen molar-refractivity contribution in [1.29, 1.82) is 0 Å². The number of fused-ring (bicyclic) bond motifs is 1. The zero-order valence-corrected chi connectivity index (χ0v) is 15.6. The third-order valence-corrected chi connectivity index (χ3v) is 4.01. The van der Waals surface area contributed by atoms with E-state index in [2.05, 4.69) is 25.6 Å². The maximum absolute atomic E-state index is 12.0. The third kappa shape index (κ3) is 5.13. The van der Waals surface area contributed by atoms with Crippen molar-refractivity contribution in [3.05, 3.63) is 36.5 Å². The fourth-order valence-electron chi connectivity index (χ4n) is 2.59. The van der Waals surface area contributed by atoms with Gasteiger partial charge >= 0.3 is 12.0 Å². The van der Waals surface area contributed by atoms with Crippen LogP contribution in [0.2, 0.25) is 0 Å². The number of aromatic nitrogens is 3.